The molecule has 0 unspecified atom stereocenters. The number of anilines is 1. The van der Waals surface area contributed by atoms with Crippen LogP contribution in [-0.2, 0) is 24.8 Å². The summed E-state index contributed by atoms with van der Waals surface area (Å²) in [6, 6.07) is 9.66. The number of esters is 1. The number of rotatable bonds is 4. The fraction of sp³-hybridized carbons (Fsp3) is 0.267. The molecule has 1 aromatic heterocycles. The van der Waals surface area contributed by atoms with Crippen molar-refractivity contribution in [3.8, 4) is 0 Å². The lowest BCUT2D eigenvalue weighted by Gasteiger charge is -2.06. The van der Waals surface area contributed by atoms with Crippen LogP contribution in [0.4, 0.5) is 5.69 Å². The highest BCUT2D eigenvalue weighted by Crippen LogP contribution is 2.12. The van der Waals surface area contributed by atoms with Crippen LogP contribution in [0, 0.1) is 0 Å². The third-order valence-electron chi connectivity index (χ3n) is 3.04. The lowest BCUT2D eigenvalue weighted by Crippen LogP contribution is -2.09. The first-order valence-corrected chi connectivity index (χ1v) is 6.27. The Balaban J connectivity index is 1.98. The van der Waals surface area contributed by atoms with E-state index in [1.807, 2.05) is 24.3 Å². The van der Waals surface area contributed by atoms with Crippen molar-refractivity contribution in [2.45, 2.75) is 20.0 Å². The molecule has 4 nitrogen and oxygen atoms in total. The first-order chi connectivity index (χ1) is 9.10. The lowest BCUT2D eigenvalue weighted by molar-refractivity contribution is 0.0461. The largest absolute Gasteiger partial charge is 0.456 e. The molecule has 4 heteroatoms. The molecule has 2 N–H and O–H groups in total. The predicted octanol–water partition coefficient (Wildman–Crippen LogP) is 2.53. The second kappa shape index (κ2) is 5.61. The summed E-state index contributed by atoms with van der Waals surface area (Å²) >= 11 is 0. The average molecular weight is 258 g/mol. The maximum absolute atomic E-state index is 11.9. The van der Waals surface area contributed by atoms with Gasteiger partial charge in [-0.05, 0) is 23.6 Å². The number of aromatic nitrogens is 1. The van der Waals surface area contributed by atoms with E-state index in [9.17, 15) is 4.79 Å². The van der Waals surface area contributed by atoms with Crippen LogP contribution in [0.3, 0.4) is 0 Å². The molecule has 0 aliphatic carbocycles. The van der Waals surface area contributed by atoms with Gasteiger partial charge in [-0.2, -0.15) is 0 Å². The maximum Gasteiger partial charge on any atom is 0.355 e. The molecular weight excluding hydrogens is 240 g/mol. The third kappa shape index (κ3) is 3.16. The molecule has 100 valence electrons. The minimum Gasteiger partial charge on any atom is -0.456 e. The number of nitrogen functional groups attached to an aromatic ring is 1. The quantitative estimate of drug-likeness (QED) is 0.857. The van der Waals surface area contributed by atoms with Gasteiger partial charge < -0.3 is 15.0 Å². The molecule has 1 heterocycles. The van der Waals surface area contributed by atoms with E-state index in [1.165, 1.54) is 5.56 Å². The monoisotopic (exact) mass is 258 g/mol. The average Bonchev–Trinajstić information content (AvgIpc) is 2.75. The first-order valence-electron chi connectivity index (χ1n) is 6.27. The smallest absolute Gasteiger partial charge is 0.355 e. The topological polar surface area (TPSA) is 57.2 Å². The highest BCUT2D eigenvalue weighted by atomic mass is 16.5. The van der Waals surface area contributed by atoms with Crippen LogP contribution in [0.15, 0.2) is 36.5 Å². The van der Waals surface area contributed by atoms with E-state index in [1.54, 1.807) is 23.9 Å². The molecule has 0 atom stereocenters. The molecule has 0 fully saturated rings. The number of nitrogens with zero attached hydrogens (tertiary/aromatic N) is 1. The van der Waals surface area contributed by atoms with Gasteiger partial charge in [-0.25, -0.2) is 4.79 Å². The molecule has 1 aromatic carbocycles. The summed E-state index contributed by atoms with van der Waals surface area (Å²) in [6.07, 6.45) is 2.69. The van der Waals surface area contributed by atoms with Gasteiger partial charge in [0.25, 0.3) is 0 Å². The van der Waals surface area contributed by atoms with E-state index in [0.29, 0.717) is 11.4 Å². The first kappa shape index (κ1) is 13.2. The van der Waals surface area contributed by atoms with Gasteiger partial charge in [0, 0.05) is 13.2 Å². The van der Waals surface area contributed by atoms with Gasteiger partial charge in [-0.1, -0.05) is 31.2 Å². The Morgan fingerprint density at radius 1 is 1.26 bits per heavy atom. The van der Waals surface area contributed by atoms with Crippen molar-refractivity contribution < 1.29 is 9.53 Å². The summed E-state index contributed by atoms with van der Waals surface area (Å²) in [5, 5.41) is 0. The van der Waals surface area contributed by atoms with Gasteiger partial charge in [-0.15, -0.1) is 0 Å². The number of hydrogen-bond donors (Lipinski definition) is 1. The Morgan fingerprint density at radius 3 is 2.42 bits per heavy atom. The summed E-state index contributed by atoms with van der Waals surface area (Å²) in [6.45, 7) is 2.38. The van der Waals surface area contributed by atoms with Gasteiger partial charge in [-0.3, -0.25) is 0 Å². The predicted molar refractivity (Wildman–Crippen MR) is 74.8 cm³/mol. The van der Waals surface area contributed by atoms with Crippen molar-refractivity contribution in [3.63, 3.8) is 0 Å². The van der Waals surface area contributed by atoms with Gasteiger partial charge >= 0.3 is 5.97 Å². The van der Waals surface area contributed by atoms with Gasteiger partial charge in [0.2, 0.25) is 0 Å². The summed E-state index contributed by atoms with van der Waals surface area (Å²) in [5.74, 6) is -0.362. The van der Waals surface area contributed by atoms with Crippen molar-refractivity contribution in [1.82, 2.24) is 4.57 Å². The van der Waals surface area contributed by atoms with Crippen molar-refractivity contribution in [1.29, 1.82) is 0 Å². The molecule has 0 spiro atoms. The summed E-state index contributed by atoms with van der Waals surface area (Å²) in [7, 11) is 1.77. The van der Waals surface area contributed by atoms with Crippen LogP contribution in [0.1, 0.15) is 28.5 Å². The van der Waals surface area contributed by atoms with E-state index < -0.39 is 0 Å². The number of benzene rings is 1. The van der Waals surface area contributed by atoms with E-state index in [4.69, 9.17) is 10.5 Å². The number of hydrogen-bond acceptors (Lipinski definition) is 3. The zero-order valence-corrected chi connectivity index (χ0v) is 11.2. The zero-order chi connectivity index (χ0) is 13.8. The van der Waals surface area contributed by atoms with Crippen molar-refractivity contribution in [3.05, 3.63) is 53.3 Å². The molecular formula is C15H18N2O2. The molecule has 0 aliphatic heterocycles. The summed E-state index contributed by atoms with van der Waals surface area (Å²) < 4.78 is 6.93. The van der Waals surface area contributed by atoms with Crippen molar-refractivity contribution in [2.24, 2.45) is 7.05 Å². The fourth-order valence-corrected chi connectivity index (χ4v) is 1.89. The number of nitrogens with two attached hydrogens (primary N) is 1. The standard InChI is InChI=1S/C15H18N2O2/c1-3-11-4-6-12(7-5-11)10-19-15(18)14-8-13(16)9-17(14)2/h4-9H,3,10,16H2,1-2H3. The second-order valence-corrected chi connectivity index (χ2v) is 4.52. The molecule has 2 aromatic rings. The molecule has 0 radical (unpaired) electrons. The maximum atomic E-state index is 11.9. The van der Waals surface area contributed by atoms with E-state index >= 15 is 0 Å². The van der Waals surface area contributed by atoms with Crippen LogP contribution < -0.4 is 5.73 Å². The minimum absolute atomic E-state index is 0.272. The highest BCUT2D eigenvalue weighted by molar-refractivity contribution is 5.89. The van der Waals surface area contributed by atoms with Gasteiger partial charge in [0.05, 0.1) is 5.69 Å². The van der Waals surface area contributed by atoms with Crippen LogP contribution in [-0.4, -0.2) is 10.5 Å². The minimum atomic E-state index is -0.362. The lowest BCUT2D eigenvalue weighted by atomic mass is 10.1. The number of ether oxygens (including phenoxy) is 1. The summed E-state index contributed by atoms with van der Waals surface area (Å²) in [5.41, 5.74) is 8.89. The van der Waals surface area contributed by atoms with Gasteiger partial charge in [0.15, 0.2) is 0 Å². The van der Waals surface area contributed by atoms with Gasteiger partial charge in [0.1, 0.15) is 12.3 Å². The molecule has 0 amide bonds. The summed E-state index contributed by atoms with van der Waals surface area (Å²) in [4.78, 5) is 11.9. The Bertz CT molecular complexity index is 570. The van der Waals surface area contributed by atoms with Crippen molar-refractivity contribution >= 4 is 11.7 Å². The van der Waals surface area contributed by atoms with Crippen LogP contribution in [0.2, 0.25) is 0 Å². The molecule has 0 saturated heterocycles. The van der Waals surface area contributed by atoms with E-state index in [2.05, 4.69) is 6.92 Å². The zero-order valence-electron chi connectivity index (χ0n) is 11.2. The SMILES string of the molecule is CCc1ccc(COC(=O)c2cc(N)cn2C)cc1. The van der Waals surface area contributed by atoms with Crippen LogP contribution >= 0.6 is 0 Å². The molecule has 0 aliphatic rings. The molecule has 2 rings (SSSR count). The Morgan fingerprint density at radius 2 is 1.89 bits per heavy atom. The molecule has 19 heavy (non-hydrogen) atoms. The third-order valence-corrected chi connectivity index (χ3v) is 3.04. The van der Waals surface area contributed by atoms with E-state index in [0.717, 1.165) is 12.0 Å². The van der Waals surface area contributed by atoms with Crippen LogP contribution in [0.5, 0.6) is 0 Å². The second-order valence-electron chi connectivity index (χ2n) is 4.52. The van der Waals surface area contributed by atoms with E-state index in [-0.39, 0.29) is 12.6 Å². The Hall–Kier alpha value is -2.23. The number of carbonyl (C=O) groups is 1. The highest BCUT2D eigenvalue weighted by Gasteiger charge is 2.12. The number of carbonyl (C=O) groups excluding carboxylic acids is 1. The van der Waals surface area contributed by atoms with Crippen molar-refractivity contribution in [2.75, 3.05) is 5.73 Å². The Labute approximate surface area is 112 Å². The number of aryl methyl sites for hydroxylation is 2. The fourth-order valence-electron chi connectivity index (χ4n) is 1.89. The molecule has 0 bridgehead atoms. The Kier molecular flexibility index (Phi) is 3.90. The van der Waals surface area contributed by atoms with Crippen LogP contribution in [0.25, 0.3) is 0 Å². The normalized spacial score (nSPS) is 10.4. The molecule has 0 saturated carbocycles.